The highest BCUT2D eigenvalue weighted by Gasteiger charge is 2.10. The fourth-order valence-electron chi connectivity index (χ4n) is 2.34. The first kappa shape index (κ1) is 12.4. The molecule has 1 N–H and O–H groups in total. The molecular formula is C16H15N3O. The zero-order valence-electron chi connectivity index (χ0n) is 11.0. The molecule has 0 aliphatic carbocycles. The highest BCUT2D eigenvalue weighted by atomic mass is 16.1. The highest BCUT2D eigenvalue weighted by Crippen LogP contribution is 2.27. The standard InChI is InChI=1S/C16H15N3O/c20-12-17-10-11-19-15-9-5-4-8-14(15)16(18-19)13-6-2-1-3-7-13/h1-9,12H,10-11H2,(H,17,20). The third-order valence-electron chi connectivity index (χ3n) is 3.26. The van der Waals surface area contributed by atoms with Gasteiger partial charge in [-0.1, -0.05) is 48.5 Å². The van der Waals surface area contributed by atoms with Crippen LogP contribution in [0.3, 0.4) is 0 Å². The summed E-state index contributed by atoms with van der Waals surface area (Å²) in [6.07, 6.45) is 0.712. The number of hydrogen-bond donors (Lipinski definition) is 1. The van der Waals surface area contributed by atoms with Gasteiger partial charge in [-0.05, 0) is 6.07 Å². The second-order valence-electron chi connectivity index (χ2n) is 4.53. The lowest BCUT2D eigenvalue weighted by Crippen LogP contribution is -2.18. The van der Waals surface area contributed by atoms with E-state index in [1.807, 2.05) is 35.0 Å². The third-order valence-corrected chi connectivity index (χ3v) is 3.26. The van der Waals surface area contributed by atoms with Gasteiger partial charge in [0.1, 0.15) is 5.69 Å². The summed E-state index contributed by atoms with van der Waals surface area (Å²) in [5, 5.41) is 8.49. The van der Waals surface area contributed by atoms with Crippen LogP contribution in [0, 0.1) is 0 Å². The van der Waals surface area contributed by atoms with Gasteiger partial charge in [0, 0.05) is 17.5 Å². The molecule has 4 nitrogen and oxygen atoms in total. The summed E-state index contributed by atoms with van der Waals surface area (Å²) in [5.41, 5.74) is 3.16. The van der Waals surface area contributed by atoms with Gasteiger partial charge in [-0.15, -0.1) is 0 Å². The number of aromatic nitrogens is 2. The Bertz CT molecular complexity index is 719. The van der Waals surface area contributed by atoms with E-state index >= 15 is 0 Å². The minimum Gasteiger partial charge on any atom is -0.357 e. The average molecular weight is 265 g/mol. The Balaban J connectivity index is 2.07. The van der Waals surface area contributed by atoms with E-state index in [9.17, 15) is 4.79 Å². The van der Waals surface area contributed by atoms with Gasteiger partial charge in [-0.25, -0.2) is 0 Å². The van der Waals surface area contributed by atoms with E-state index in [2.05, 4.69) is 29.6 Å². The normalized spacial score (nSPS) is 10.6. The maximum absolute atomic E-state index is 10.3. The Morgan fingerprint density at radius 1 is 1.05 bits per heavy atom. The lowest BCUT2D eigenvalue weighted by Gasteiger charge is -2.01. The van der Waals surface area contributed by atoms with Gasteiger partial charge >= 0.3 is 0 Å². The van der Waals surface area contributed by atoms with Gasteiger partial charge in [0.25, 0.3) is 0 Å². The number of rotatable bonds is 5. The predicted octanol–water partition coefficient (Wildman–Crippen LogP) is 2.45. The molecule has 1 amide bonds. The molecule has 0 radical (unpaired) electrons. The van der Waals surface area contributed by atoms with Gasteiger partial charge in [0.2, 0.25) is 6.41 Å². The van der Waals surface area contributed by atoms with Crippen molar-refractivity contribution in [3.8, 4) is 11.3 Å². The molecule has 0 fully saturated rings. The van der Waals surface area contributed by atoms with Crippen LogP contribution in [0.2, 0.25) is 0 Å². The maximum atomic E-state index is 10.3. The predicted molar refractivity (Wildman–Crippen MR) is 79.2 cm³/mol. The fourth-order valence-corrected chi connectivity index (χ4v) is 2.34. The van der Waals surface area contributed by atoms with Crippen molar-refractivity contribution in [3.63, 3.8) is 0 Å². The summed E-state index contributed by atoms with van der Waals surface area (Å²) in [6.45, 7) is 1.23. The van der Waals surface area contributed by atoms with Crippen molar-refractivity contribution >= 4 is 17.3 Å². The summed E-state index contributed by atoms with van der Waals surface area (Å²) in [5.74, 6) is 0. The maximum Gasteiger partial charge on any atom is 0.207 e. The molecule has 20 heavy (non-hydrogen) atoms. The Morgan fingerprint density at radius 3 is 2.60 bits per heavy atom. The van der Waals surface area contributed by atoms with Crippen molar-refractivity contribution in [2.24, 2.45) is 0 Å². The first-order valence-corrected chi connectivity index (χ1v) is 6.58. The lowest BCUT2D eigenvalue weighted by atomic mass is 10.1. The van der Waals surface area contributed by atoms with Crippen LogP contribution in [0.1, 0.15) is 0 Å². The van der Waals surface area contributed by atoms with Crippen molar-refractivity contribution in [1.29, 1.82) is 0 Å². The number of carbonyl (C=O) groups excluding carboxylic acids is 1. The molecule has 0 unspecified atom stereocenters. The first-order chi connectivity index (χ1) is 9.90. The van der Waals surface area contributed by atoms with Crippen LogP contribution < -0.4 is 5.32 Å². The molecule has 4 heteroatoms. The molecule has 3 rings (SSSR count). The van der Waals surface area contributed by atoms with Crippen molar-refractivity contribution in [2.75, 3.05) is 6.54 Å². The van der Waals surface area contributed by atoms with Crippen LogP contribution in [0.5, 0.6) is 0 Å². The van der Waals surface area contributed by atoms with Crippen molar-refractivity contribution in [3.05, 3.63) is 54.6 Å². The fraction of sp³-hybridized carbons (Fsp3) is 0.125. The van der Waals surface area contributed by atoms with Gasteiger partial charge in [-0.2, -0.15) is 5.10 Å². The molecule has 2 aromatic carbocycles. The minimum atomic E-state index is 0.573. The number of nitrogens with zero attached hydrogens (tertiary/aromatic N) is 2. The SMILES string of the molecule is O=CNCCn1nc(-c2ccccc2)c2ccccc21. The number of benzene rings is 2. The van der Waals surface area contributed by atoms with Crippen LogP contribution in [-0.4, -0.2) is 22.7 Å². The molecule has 100 valence electrons. The molecule has 1 heterocycles. The second kappa shape index (κ2) is 5.57. The van der Waals surface area contributed by atoms with E-state index in [0.717, 1.165) is 22.2 Å². The summed E-state index contributed by atoms with van der Waals surface area (Å²) >= 11 is 0. The lowest BCUT2D eigenvalue weighted by molar-refractivity contribution is -0.109. The van der Waals surface area contributed by atoms with E-state index in [0.29, 0.717) is 19.5 Å². The zero-order valence-corrected chi connectivity index (χ0v) is 11.0. The monoisotopic (exact) mass is 265 g/mol. The number of fused-ring (bicyclic) bond motifs is 1. The highest BCUT2D eigenvalue weighted by molar-refractivity contribution is 5.93. The zero-order chi connectivity index (χ0) is 13.8. The molecule has 0 aliphatic heterocycles. The Morgan fingerprint density at radius 2 is 1.80 bits per heavy atom. The molecule has 0 spiro atoms. The quantitative estimate of drug-likeness (QED) is 0.569. The van der Waals surface area contributed by atoms with Gasteiger partial charge in [0.05, 0.1) is 12.1 Å². The van der Waals surface area contributed by atoms with Gasteiger partial charge in [0.15, 0.2) is 0 Å². The topological polar surface area (TPSA) is 46.9 Å². The average Bonchev–Trinajstić information content (AvgIpc) is 2.88. The van der Waals surface area contributed by atoms with Crippen LogP contribution in [0.15, 0.2) is 54.6 Å². The van der Waals surface area contributed by atoms with Crippen molar-refractivity contribution in [1.82, 2.24) is 15.1 Å². The van der Waals surface area contributed by atoms with Gasteiger partial charge in [-0.3, -0.25) is 9.48 Å². The number of carbonyl (C=O) groups is 1. The molecule has 0 aliphatic rings. The van der Waals surface area contributed by atoms with Gasteiger partial charge < -0.3 is 5.32 Å². The van der Waals surface area contributed by atoms with E-state index < -0.39 is 0 Å². The molecular weight excluding hydrogens is 250 g/mol. The molecule has 0 atom stereocenters. The smallest absolute Gasteiger partial charge is 0.207 e. The summed E-state index contributed by atoms with van der Waals surface area (Å²) in [4.78, 5) is 10.3. The summed E-state index contributed by atoms with van der Waals surface area (Å²) in [6, 6.07) is 18.3. The van der Waals surface area contributed by atoms with Crippen molar-refractivity contribution in [2.45, 2.75) is 6.54 Å². The summed E-state index contributed by atoms with van der Waals surface area (Å²) < 4.78 is 1.94. The number of nitrogens with one attached hydrogen (secondary N) is 1. The number of para-hydroxylation sites is 1. The van der Waals surface area contributed by atoms with Crippen molar-refractivity contribution < 1.29 is 4.79 Å². The van der Waals surface area contributed by atoms with Crippen LogP contribution in [-0.2, 0) is 11.3 Å². The molecule has 0 bridgehead atoms. The van der Waals surface area contributed by atoms with E-state index in [-0.39, 0.29) is 0 Å². The summed E-state index contributed by atoms with van der Waals surface area (Å²) in [7, 11) is 0. The van der Waals surface area contributed by atoms with E-state index in [1.165, 1.54) is 0 Å². The number of amides is 1. The van der Waals surface area contributed by atoms with E-state index in [1.54, 1.807) is 0 Å². The van der Waals surface area contributed by atoms with E-state index in [4.69, 9.17) is 5.10 Å². The first-order valence-electron chi connectivity index (χ1n) is 6.58. The number of hydrogen-bond acceptors (Lipinski definition) is 2. The Hall–Kier alpha value is -2.62. The minimum absolute atomic E-state index is 0.573. The molecule has 0 saturated heterocycles. The Kier molecular flexibility index (Phi) is 3.46. The molecule has 1 aromatic heterocycles. The largest absolute Gasteiger partial charge is 0.357 e. The second-order valence-corrected chi connectivity index (χ2v) is 4.53. The van der Waals surface area contributed by atoms with Crippen LogP contribution in [0.4, 0.5) is 0 Å². The molecule has 3 aromatic rings. The van der Waals surface area contributed by atoms with Crippen LogP contribution in [0.25, 0.3) is 22.2 Å². The third kappa shape index (κ3) is 2.28. The molecule has 0 saturated carbocycles. The van der Waals surface area contributed by atoms with Crippen LogP contribution >= 0.6 is 0 Å². The Labute approximate surface area is 117 Å².